The molecule has 1 aliphatic rings. The molecule has 2 nitrogen and oxygen atoms in total. The monoisotopic (exact) mass is 534 g/mol. The summed E-state index contributed by atoms with van der Waals surface area (Å²) in [5.74, 6) is 0. The van der Waals surface area contributed by atoms with E-state index in [2.05, 4.69) is 130 Å². The van der Waals surface area contributed by atoms with Crippen LogP contribution in [0, 0.1) is 0 Å². The quantitative estimate of drug-likeness (QED) is 0.166. The third-order valence-electron chi connectivity index (χ3n) is 8.49. The molecule has 39 heavy (non-hydrogen) atoms. The van der Waals surface area contributed by atoms with Crippen molar-refractivity contribution in [2.75, 3.05) is 6.61 Å². The molecule has 0 amide bonds. The second kappa shape index (κ2) is 11.6. The zero-order chi connectivity index (χ0) is 27.3. The Labute approximate surface area is 235 Å². The number of hydrogen-bond acceptors (Lipinski definition) is 2. The van der Waals surface area contributed by atoms with Crippen molar-refractivity contribution in [1.29, 1.82) is 0 Å². The fourth-order valence-corrected chi connectivity index (χ4v) is 10.8. The lowest BCUT2D eigenvalue weighted by Gasteiger charge is -2.43. The normalized spacial score (nSPS) is 18.8. The van der Waals surface area contributed by atoms with Crippen molar-refractivity contribution in [3.8, 4) is 0 Å². The minimum absolute atomic E-state index is 0.000741. The van der Waals surface area contributed by atoms with Gasteiger partial charge in [-0.2, -0.15) is 0 Å². The third-order valence-corrected chi connectivity index (χ3v) is 13.5. The van der Waals surface area contributed by atoms with Crippen LogP contribution in [0.4, 0.5) is 0 Å². The predicted octanol–water partition coefficient (Wildman–Crippen LogP) is 7.89. The van der Waals surface area contributed by atoms with Gasteiger partial charge in [0.2, 0.25) is 0 Å². The summed E-state index contributed by atoms with van der Waals surface area (Å²) in [7, 11) is -2.47. The van der Waals surface area contributed by atoms with E-state index in [0.717, 1.165) is 45.1 Å². The van der Waals surface area contributed by atoms with Crippen LogP contribution in [-0.2, 0) is 4.43 Å². The summed E-state index contributed by atoms with van der Waals surface area (Å²) in [4.78, 5) is 0. The van der Waals surface area contributed by atoms with Crippen molar-refractivity contribution in [2.24, 2.45) is 0 Å². The topological polar surface area (TPSA) is 29.5 Å². The van der Waals surface area contributed by atoms with Gasteiger partial charge in [-0.3, -0.25) is 0 Å². The first-order valence-corrected chi connectivity index (χ1v) is 16.4. The van der Waals surface area contributed by atoms with Crippen LogP contribution in [0.2, 0.25) is 5.04 Å². The molecular weight excluding hydrogens is 492 g/mol. The molecule has 1 unspecified atom stereocenters. The van der Waals surface area contributed by atoms with Crippen molar-refractivity contribution < 1.29 is 9.53 Å². The number of benzene rings is 4. The zero-order valence-electron chi connectivity index (χ0n) is 23.7. The van der Waals surface area contributed by atoms with Gasteiger partial charge in [-0.05, 0) is 69.1 Å². The molecule has 1 fully saturated rings. The lowest BCUT2D eigenvalue weighted by atomic mass is 9.71. The van der Waals surface area contributed by atoms with E-state index in [4.69, 9.17) is 4.43 Å². The fourth-order valence-electron chi connectivity index (χ4n) is 6.23. The summed E-state index contributed by atoms with van der Waals surface area (Å²) < 4.78 is 7.04. The minimum atomic E-state index is -2.47. The van der Waals surface area contributed by atoms with Crippen LogP contribution in [0.1, 0.15) is 64.9 Å². The first-order valence-electron chi connectivity index (χ1n) is 14.5. The van der Waals surface area contributed by atoms with Crippen molar-refractivity contribution >= 4 is 35.5 Å². The molecule has 0 radical (unpaired) electrons. The SMILES string of the molecule is CC(C)(C)[Si](OCCCCCC1(O)CC/C1=C\c1ccc2ccccc2c1)(c1ccccc1)c1ccccc1. The summed E-state index contributed by atoms with van der Waals surface area (Å²) >= 11 is 0. The first kappa shape index (κ1) is 27.6. The van der Waals surface area contributed by atoms with Crippen LogP contribution in [0.25, 0.3) is 16.8 Å². The molecule has 1 aliphatic carbocycles. The molecule has 4 aromatic rings. The number of hydrogen-bond donors (Lipinski definition) is 1. The lowest BCUT2D eigenvalue weighted by Crippen LogP contribution is -2.66. The fraction of sp³-hybridized carbons (Fsp3) is 0.333. The van der Waals surface area contributed by atoms with E-state index in [0.29, 0.717) is 0 Å². The molecule has 202 valence electrons. The summed E-state index contributed by atoms with van der Waals surface area (Å²) in [6, 6.07) is 36.7. The van der Waals surface area contributed by atoms with Crippen LogP contribution >= 0.6 is 0 Å². The number of unbranched alkanes of at least 4 members (excludes halogenated alkanes) is 2. The van der Waals surface area contributed by atoms with E-state index < -0.39 is 13.9 Å². The van der Waals surface area contributed by atoms with Gasteiger partial charge in [0.1, 0.15) is 0 Å². The van der Waals surface area contributed by atoms with Gasteiger partial charge in [-0.25, -0.2) is 0 Å². The summed E-state index contributed by atoms with van der Waals surface area (Å²) in [5, 5.41) is 16.5. The number of fused-ring (bicyclic) bond motifs is 1. The molecule has 0 spiro atoms. The van der Waals surface area contributed by atoms with Gasteiger partial charge in [-0.15, -0.1) is 0 Å². The summed E-state index contributed by atoms with van der Waals surface area (Å²) in [6.07, 6.45) is 7.96. The van der Waals surface area contributed by atoms with Crippen LogP contribution in [0.5, 0.6) is 0 Å². The lowest BCUT2D eigenvalue weighted by molar-refractivity contribution is 0.0173. The second-order valence-corrected chi connectivity index (χ2v) is 16.4. The highest BCUT2D eigenvalue weighted by molar-refractivity contribution is 6.99. The number of rotatable bonds is 10. The van der Waals surface area contributed by atoms with Gasteiger partial charge < -0.3 is 9.53 Å². The zero-order valence-corrected chi connectivity index (χ0v) is 24.7. The van der Waals surface area contributed by atoms with Crippen LogP contribution < -0.4 is 10.4 Å². The van der Waals surface area contributed by atoms with Crippen LogP contribution in [0.3, 0.4) is 0 Å². The molecule has 1 saturated carbocycles. The largest absolute Gasteiger partial charge is 0.407 e. The maximum Gasteiger partial charge on any atom is 0.261 e. The van der Waals surface area contributed by atoms with Crippen LogP contribution in [-0.4, -0.2) is 25.6 Å². The van der Waals surface area contributed by atoms with Gasteiger partial charge in [0, 0.05) is 6.61 Å². The average Bonchev–Trinajstić information content (AvgIpc) is 2.95. The van der Waals surface area contributed by atoms with E-state index in [9.17, 15) is 5.11 Å². The maximum atomic E-state index is 11.3. The van der Waals surface area contributed by atoms with E-state index in [-0.39, 0.29) is 5.04 Å². The highest BCUT2D eigenvalue weighted by atomic mass is 28.4. The Morgan fingerprint density at radius 2 is 1.38 bits per heavy atom. The van der Waals surface area contributed by atoms with Gasteiger partial charge in [-0.1, -0.05) is 137 Å². The Kier molecular flexibility index (Phi) is 8.23. The van der Waals surface area contributed by atoms with Crippen molar-refractivity contribution in [2.45, 2.75) is 69.9 Å². The average molecular weight is 535 g/mol. The predicted molar refractivity (Wildman–Crippen MR) is 168 cm³/mol. The highest BCUT2D eigenvalue weighted by Gasteiger charge is 2.50. The maximum absolute atomic E-state index is 11.3. The first-order chi connectivity index (χ1) is 18.8. The number of aliphatic hydroxyl groups is 1. The molecule has 3 heteroatoms. The van der Waals surface area contributed by atoms with Crippen molar-refractivity contribution in [3.05, 3.63) is 114 Å². The Bertz CT molecular complexity index is 1360. The standard InChI is InChI=1S/C36H42O2Si/c1-35(2,3)39(33-17-7-4-8-18-33,34-19-9-5-10-20-34)38-26-14-6-13-24-36(37)25-23-32(36)28-29-21-22-30-15-11-12-16-31(30)27-29/h4-5,7-12,15-22,27-28,37H,6,13-14,23-26H2,1-3H3/b32-28+. The van der Waals surface area contributed by atoms with E-state index in [1.807, 2.05) is 0 Å². The molecule has 0 aliphatic heterocycles. The molecule has 1 N–H and O–H groups in total. The molecule has 4 aromatic carbocycles. The van der Waals surface area contributed by atoms with Gasteiger partial charge >= 0.3 is 0 Å². The van der Waals surface area contributed by atoms with Gasteiger partial charge in [0.15, 0.2) is 0 Å². The third kappa shape index (κ3) is 5.82. The Morgan fingerprint density at radius 3 is 1.97 bits per heavy atom. The Hall–Kier alpha value is -2.98. The van der Waals surface area contributed by atoms with E-state index in [1.165, 1.54) is 32.3 Å². The molecule has 0 bridgehead atoms. The Morgan fingerprint density at radius 1 is 0.769 bits per heavy atom. The van der Waals surface area contributed by atoms with Gasteiger partial charge in [0.05, 0.1) is 5.60 Å². The summed E-state index contributed by atoms with van der Waals surface area (Å²) in [5.41, 5.74) is 1.71. The molecular formula is C36H42O2Si. The van der Waals surface area contributed by atoms with E-state index in [1.54, 1.807) is 0 Å². The van der Waals surface area contributed by atoms with Crippen LogP contribution in [0.15, 0.2) is 109 Å². The molecule has 5 rings (SSSR count). The molecule has 1 atom stereocenters. The molecule has 0 saturated heterocycles. The van der Waals surface area contributed by atoms with Crippen molar-refractivity contribution in [3.63, 3.8) is 0 Å². The second-order valence-electron chi connectivity index (χ2n) is 12.1. The Balaban J connectivity index is 1.20. The summed E-state index contributed by atoms with van der Waals surface area (Å²) in [6.45, 7) is 7.73. The highest BCUT2D eigenvalue weighted by Crippen LogP contribution is 2.43. The molecule has 0 aromatic heterocycles. The van der Waals surface area contributed by atoms with Crippen molar-refractivity contribution in [1.82, 2.24) is 0 Å². The van der Waals surface area contributed by atoms with Gasteiger partial charge in [0.25, 0.3) is 8.32 Å². The molecule has 0 heterocycles. The smallest absolute Gasteiger partial charge is 0.261 e. The van der Waals surface area contributed by atoms with E-state index >= 15 is 0 Å². The minimum Gasteiger partial charge on any atom is -0.407 e.